The zero-order chi connectivity index (χ0) is 7.28. The van der Waals surface area contributed by atoms with Crippen molar-refractivity contribution < 1.29 is 0 Å². The first kappa shape index (κ1) is 9.65. The molecule has 3 N–H and O–H groups in total. The number of rotatable bonds is 4. The maximum Gasteiger partial charge on any atom is 0.0206 e. The lowest BCUT2D eigenvalue weighted by Crippen LogP contribution is -2.33. The summed E-state index contributed by atoms with van der Waals surface area (Å²) < 4.78 is 0.696. The third-order valence-electron chi connectivity index (χ3n) is 0.892. The first-order valence-corrected chi connectivity index (χ1v) is 4.48. The van der Waals surface area contributed by atoms with E-state index in [2.05, 4.69) is 34.8 Å². The minimum Gasteiger partial charge on any atom is -0.327 e. The highest BCUT2D eigenvalue weighted by atomic mass is 127. The summed E-state index contributed by atoms with van der Waals surface area (Å²) in [5, 5.41) is 3.25. The van der Waals surface area contributed by atoms with Gasteiger partial charge in [-0.3, -0.25) is 0 Å². The fourth-order valence-electron chi connectivity index (χ4n) is 0.510. The molecule has 2 atom stereocenters. The van der Waals surface area contributed by atoms with E-state index in [1.807, 2.05) is 6.92 Å². The van der Waals surface area contributed by atoms with E-state index in [0.717, 1.165) is 13.1 Å². The zero-order valence-corrected chi connectivity index (χ0v) is 8.18. The first-order valence-electron chi connectivity index (χ1n) is 3.23. The second-order valence-corrected chi connectivity index (χ2v) is 4.54. The van der Waals surface area contributed by atoms with Gasteiger partial charge in [-0.2, -0.15) is 0 Å². The Bertz CT molecular complexity index is 56.1. The van der Waals surface area contributed by atoms with Crippen LogP contribution >= 0.6 is 22.6 Å². The van der Waals surface area contributed by atoms with Gasteiger partial charge >= 0.3 is 0 Å². The number of hydrogen-bond donors (Lipinski definition) is 2. The molecule has 0 aromatic rings. The lowest BCUT2D eigenvalue weighted by molar-refractivity contribution is 0.612. The minimum absolute atomic E-state index is 0.278. The van der Waals surface area contributed by atoms with Crippen LogP contribution in [0.3, 0.4) is 0 Å². The second kappa shape index (κ2) is 5.44. The highest BCUT2D eigenvalue weighted by molar-refractivity contribution is 14.1. The summed E-state index contributed by atoms with van der Waals surface area (Å²) >= 11 is 2.39. The lowest BCUT2D eigenvalue weighted by atomic mass is 10.3. The molecule has 0 heterocycles. The van der Waals surface area contributed by atoms with Crippen molar-refractivity contribution in [2.75, 3.05) is 13.1 Å². The van der Waals surface area contributed by atoms with E-state index in [9.17, 15) is 0 Å². The van der Waals surface area contributed by atoms with E-state index < -0.39 is 0 Å². The van der Waals surface area contributed by atoms with Gasteiger partial charge in [0.2, 0.25) is 0 Å². The summed E-state index contributed by atoms with van der Waals surface area (Å²) in [4.78, 5) is 0. The molecule has 0 rings (SSSR count). The Labute approximate surface area is 70.7 Å². The average molecular weight is 242 g/mol. The van der Waals surface area contributed by atoms with Gasteiger partial charge in [0.1, 0.15) is 0 Å². The van der Waals surface area contributed by atoms with E-state index in [1.54, 1.807) is 0 Å². The highest BCUT2D eigenvalue weighted by Gasteiger charge is 1.95. The SMILES string of the molecule is CC(I)CNC[C@@H](C)N. The van der Waals surface area contributed by atoms with Crippen LogP contribution in [0.15, 0.2) is 0 Å². The molecule has 0 aromatic heterocycles. The topological polar surface area (TPSA) is 38.0 Å². The predicted molar refractivity (Wildman–Crippen MR) is 50.0 cm³/mol. The summed E-state index contributed by atoms with van der Waals surface area (Å²) in [7, 11) is 0. The third kappa shape index (κ3) is 8.65. The minimum atomic E-state index is 0.278. The van der Waals surface area contributed by atoms with Gasteiger partial charge < -0.3 is 11.1 Å². The Kier molecular flexibility index (Phi) is 5.83. The average Bonchev–Trinajstić information content (AvgIpc) is 1.63. The molecule has 0 radical (unpaired) electrons. The van der Waals surface area contributed by atoms with E-state index in [1.165, 1.54) is 0 Å². The van der Waals surface area contributed by atoms with Gasteiger partial charge in [0, 0.05) is 23.1 Å². The maximum absolute atomic E-state index is 5.51. The Morgan fingerprint density at radius 2 is 2.00 bits per heavy atom. The summed E-state index contributed by atoms with van der Waals surface area (Å²) in [6, 6.07) is 0.278. The van der Waals surface area contributed by atoms with Gasteiger partial charge in [-0.25, -0.2) is 0 Å². The Morgan fingerprint density at radius 1 is 1.44 bits per heavy atom. The predicted octanol–water partition coefficient (Wildman–Crippen LogP) is 0.747. The second-order valence-electron chi connectivity index (χ2n) is 2.42. The standard InChI is InChI=1S/C6H15IN2/c1-5(7)3-9-4-6(2)8/h5-6,9H,3-4,8H2,1-2H3/t5?,6-/m1/s1. The molecular formula is C6H15IN2. The largest absolute Gasteiger partial charge is 0.327 e. The number of halogens is 1. The van der Waals surface area contributed by atoms with Gasteiger partial charge in [0.25, 0.3) is 0 Å². The van der Waals surface area contributed by atoms with Crippen molar-refractivity contribution in [1.82, 2.24) is 5.32 Å². The van der Waals surface area contributed by atoms with Crippen LogP contribution in [0.25, 0.3) is 0 Å². The highest BCUT2D eigenvalue weighted by Crippen LogP contribution is 1.94. The van der Waals surface area contributed by atoms with E-state index in [4.69, 9.17) is 5.73 Å². The van der Waals surface area contributed by atoms with E-state index in [0.29, 0.717) is 3.92 Å². The van der Waals surface area contributed by atoms with Crippen LogP contribution in [0, 0.1) is 0 Å². The monoisotopic (exact) mass is 242 g/mol. The van der Waals surface area contributed by atoms with Crippen LogP contribution in [-0.2, 0) is 0 Å². The Hall–Kier alpha value is 0.650. The molecule has 0 aliphatic rings. The van der Waals surface area contributed by atoms with Crippen molar-refractivity contribution >= 4 is 22.6 Å². The zero-order valence-electron chi connectivity index (χ0n) is 6.02. The van der Waals surface area contributed by atoms with Crippen molar-refractivity contribution in [3.8, 4) is 0 Å². The summed E-state index contributed by atoms with van der Waals surface area (Å²) in [6.07, 6.45) is 0. The van der Waals surface area contributed by atoms with Crippen molar-refractivity contribution in [1.29, 1.82) is 0 Å². The fourth-order valence-corrected chi connectivity index (χ4v) is 0.821. The number of hydrogen-bond acceptors (Lipinski definition) is 2. The lowest BCUT2D eigenvalue weighted by Gasteiger charge is -2.07. The third-order valence-corrected chi connectivity index (χ3v) is 1.33. The van der Waals surface area contributed by atoms with Gasteiger partial charge in [-0.15, -0.1) is 0 Å². The quantitative estimate of drug-likeness (QED) is 0.564. The summed E-state index contributed by atoms with van der Waals surface area (Å²) in [5.41, 5.74) is 5.51. The van der Waals surface area contributed by atoms with Gasteiger partial charge in [0.05, 0.1) is 0 Å². The molecule has 3 heteroatoms. The molecule has 1 unspecified atom stereocenters. The van der Waals surface area contributed by atoms with Crippen molar-refractivity contribution in [2.24, 2.45) is 5.73 Å². The molecule has 9 heavy (non-hydrogen) atoms. The number of nitrogens with one attached hydrogen (secondary N) is 1. The number of alkyl halides is 1. The molecule has 0 bridgehead atoms. The van der Waals surface area contributed by atoms with Gasteiger partial charge in [0.15, 0.2) is 0 Å². The van der Waals surface area contributed by atoms with Crippen molar-refractivity contribution in [3.63, 3.8) is 0 Å². The molecule has 0 aliphatic carbocycles. The number of nitrogens with two attached hydrogens (primary N) is 1. The molecule has 0 aliphatic heterocycles. The Balaban J connectivity index is 2.91. The molecule has 0 saturated carbocycles. The molecule has 0 amide bonds. The van der Waals surface area contributed by atoms with Crippen LogP contribution in [0.4, 0.5) is 0 Å². The summed E-state index contributed by atoms with van der Waals surface area (Å²) in [6.45, 7) is 6.16. The molecule has 56 valence electrons. The van der Waals surface area contributed by atoms with Gasteiger partial charge in [-0.1, -0.05) is 29.5 Å². The maximum atomic E-state index is 5.51. The van der Waals surface area contributed by atoms with Gasteiger partial charge in [-0.05, 0) is 6.92 Å². The van der Waals surface area contributed by atoms with Crippen LogP contribution < -0.4 is 11.1 Å². The molecule has 2 nitrogen and oxygen atoms in total. The summed E-state index contributed by atoms with van der Waals surface area (Å²) in [5.74, 6) is 0. The Morgan fingerprint density at radius 3 is 2.33 bits per heavy atom. The van der Waals surface area contributed by atoms with Crippen LogP contribution in [-0.4, -0.2) is 23.1 Å². The molecule has 0 spiro atoms. The normalized spacial score (nSPS) is 17.3. The molecule has 0 aromatic carbocycles. The smallest absolute Gasteiger partial charge is 0.0206 e. The molecular weight excluding hydrogens is 227 g/mol. The molecule has 0 saturated heterocycles. The van der Waals surface area contributed by atoms with Crippen molar-refractivity contribution in [2.45, 2.75) is 23.8 Å². The fraction of sp³-hybridized carbons (Fsp3) is 1.00. The van der Waals surface area contributed by atoms with Crippen LogP contribution in [0.2, 0.25) is 0 Å². The van der Waals surface area contributed by atoms with Crippen LogP contribution in [0.1, 0.15) is 13.8 Å². The van der Waals surface area contributed by atoms with E-state index >= 15 is 0 Å². The van der Waals surface area contributed by atoms with Crippen LogP contribution in [0.5, 0.6) is 0 Å². The van der Waals surface area contributed by atoms with Crippen molar-refractivity contribution in [3.05, 3.63) is 0 Å². The van der Waals surface area contributed by atoms with E-state index in [-0.39, 0.29) is 6.04 Å². The first-order chi connectivity index (χ1) is 4.13. The molecule has 0 fully saturated rings.